The van der Waals surface area contributed by atoms with Crippen LogP contribution in [0.4, 0.5) is 0 Å². The van der Waals surface area contributed by atoms with E-state index in [9.17, 15) is 33.6 Å². The molecule has 0 amide bonds. The summed E-state index contributed by atoms with van der Waals surface area (Å²) in [6.45, 7) is 10.9. The zero-order valence-electron chi connectivity index (χ0n) is 36.1. The summed E-state index contributed by atoms with van der Waals surface area (Å²) in [5.41, 5.74) is 0. The molecule has 6 heterocycles. The normalized spacial score (nSPS) is 41.5. The maximum absolute atomic E-state index is 12.7. The lowest BCUT2D eigenvalue weighted by atomic mass is 9.98. The second kappa shape index (κ2) is 19.5. The molecule has 0 aliphatic carbocycles. The summed E-state index contributed by atoms with van der Waals surface area (Å²) in [6.07, 6.45) is -20.1. The third-order valence-corrected chi connectivity index (χ3v) is 10.1. The van der Waals surface area contributed by atoms with Crippen molar-refractivity contribution >= 4 is 41.8 Å². The number of fused-ring (bicyclic) bond motifs is 3. The fourth-order valence-corrected chi connectivity index (χ4v) is 7.94. The summed E-state index contributed by atoms with van der Waals surface area (Å²) in [4.78, 5) is 85.1. The van der Waals surface area contributed by atoms with E-state index in [1.54, 1.807) is 6.92 Å². The highest BCUT2D eigenvalue weighted by Gasteiger charge is 2.64. The van der Waals surface area contributed by atoms with Gasteiger partial charge in [-0.2, -0.15) is 0 Å². The maximum atomic E-state index is 12.7. The average Bonchev–Trinajstić information content (AvgIpc) is 3.82. The molecule has 0 radical (unpaired) electrons. The van der Waals surface area contributed by atoms with Crippen LogP contribution >= 0.6 is 0 Å². The average molecular weight is 909 g/mol. The maximum Gasteiger partial charge on any atom is 0.303 e. The van der Waals surface area contributed by atoms with Gasteiger partial charge < -0.3 is 75.8 Å². The molecule has 0 unspecified atom stereocenters. The lowest BCUT2D eigenvalue weighted by molar-refractivity contribution is -0.396. The van der Waals surface area contributed by atoms with E-state index >= 15 is 0 Å². The van der Waals surface area contributed by atoms with Crippen LogP contribution in [0.5, 0.6) is 0 Å². The smallest absolute Gasteiger partial charge is 0.303 e. The molecule has 6 rings (SSSR count). The van der Waals surface area contributed by atoms with Crippen LogP contribution < -0.4 is 0 Å². The molecule has 18 atom stereocenters. The molecule has 0 N–H and O–H groups in total. The van der Waals surface area contributed by atoms with Gasteiger partial charge in [-0.05, 0) is 6.92 Å². The van der Waals surface area contributed by atoms with Crippen molar-refractivity contribution in [3.05, 3.63) is 0 Å². The van der Waals surface area contributed by atoms with Crippen molar-refractivity contribution < 1.29 is 119 Å². The predicted molar refractivity (Wildman–Crippen MR) is 192 cm³/mol. The highest BCUT2D eigenvalue weighted by molar-refractivity contribution is 5.69. The Morgan fingerprint density at radius 3 is 1.24 bits per heavy atom. The van der Waals surface area contributed by atoms with Crippen molar-refractivity contribution in [1.82, 2.24) is 0 Å². The monoisotopic (exact) mass is 908 g/mol. The third kappa shape index (κ3) is 11.6. The topological polar surface area (TPSA) is 286 Å². The van der Waals surface area contributed by atoms with Gasteiger partial charge in [0.15, 0.2) is 67.9 Å². The molecule has 0 aromatic heterocycles. The zero-order chi connectivity index (χ0) is 46.1. The van der Waals surface area contributed by atoms with Crippen molar-refractivity contribution in [2.75, 3.05) is 19.8 Å². The van der Waals surface area contributed by atoms with E-state index in [2.05, 4.69) is 0 Å². The summed E-state index contributed by atoms with van der Waals surface area (Å²) in [7, 11) is 0. The fraction of sp³-hybridized carbons (Fsp3) is 0.816. The minimum Gasteiger partial charge on any atom is -0.463 e. The summed E-state index contributed by atoms with van der Waals surface area (Å²) in [6, 6.07) is 0. The van der Waals surface area contributed by atoms with Gasteiger partial charge >= 0.3 is 41.8 Å². The first-order valence-corrected chi connectivity index (χ1v) is 20.0. The largest absolute Gasteiger partial charge is 0.463 e. The van der Waals surface area contributed by atoms with E-state index in [0.29, 0.717) is 0 Å². The lowest BCUT2D eigenvalue weighted by Gasteiger charge is -2.44. The molecule has 0 aromatic rings. The van der Waals surface area contributed by atoms with E-state index in [0.717, 1.165) is 48.5 Å². The second-order valence-corrected chi connectivity index (χ2v) is 15.4. The van der Waals surface area contributed by atoms with Crippen molar-refractivity contribution in [1.29, 1.82) is 0 Å². The number of hydrogen-bond acceptors (Lipinski definition) is 25. The van der Waals surface area contributed by atoms with Crippen molar-refractivity contribution in [2.45, 2.75) is 180 Å². The first kappa shape index (κ1) is 48.3. The van der Waals surface area contributed by atoms with Crippen LogP contribution in [0, 0.1) is 0 Å². The van der Waals surface area contributed by atoms with Gasteiger partial charge in [-0.1, -0.05) is 0 Å². The molecule has 6 fully saturated rings. The van der Waals surface area contributed by atoms with Crippen LogP contribution in [0.3, 0.4) is 0 Å². The Morgan fingerprint density at radius 2 is 0.794 bits per heavy atom. The Hall–Kier alpha value is -4.15. The molecule has 6 saturated heterocycles. The molecule has 354 valence electrons. The van der Waals surface area contributed by atoms with E-state index < -0.39 is 172 Å². The summed E-state index contributed by atoms with van der Waals surface area (Å²) in [5, 5.41) is 0. The van der Waals surface area contributed by atoms with E-state index in [1.165, 1.54) is 13.8 Å². The number of ether oxygens (including phenoxy) is 18. The fourth-order valence-electron chi connectivity index (χ4n) is 7.94. The molecular weight excluding hydrogens is 856 g/mol. The predicted octanol–water partition coefficient (Wildman–Crippen LogP) is -0.713. The van der Waals surface area contributed by atoms with Crippen LogP contribution in [0.15, 0.2) is 0 Å². The van der Waals surface area contributed by atoms with Crippen LogP contribution in [-0.4, -0.2) is 172 Å². The van der Waals surface area contributed by atoms with E-state index in [1.807, 2.05) is 0 Å². The quantitative estimate of drug-likeness (QED) is 0.154. The molecule has 0 bridgehead atoms. The van der Waals surface area contributed by atoms with Gasteiger partial charge in [0.1, 0.15) is 43.7 Å². The number of rotatable bonds is 14. The summed E-state index contributed by atoms with van der Waals surface area (Å²) < 4.78 is 105. The number of carbonyl (C=O) groups excluding carboxylic acids is 7. The Morgan fingerprint density at radius 1 is 0.413 bits per heavy atom. The molecule has 6 aliphatic heterocycles. The van der Waals surface area contributed by atoms with Gasteiger partial charge in [0.05, 0.1) is 6.61 Å². The Balaban J connectivity index is 1.24. The highest BCUT2D eigenvalue weighted by Crippen LogP contribution is 2.45. The molecule has 0 aromatic carbocycles. The Kier molecular flexibility index (Phi) is 15.0. The van der Waals surface area contributed by atoms with Crippen molar-refractivity contribution in [3.8, 4) is 0 Å². The van der Waals surface area contributed by atoms with Gasteiger partial charge in [-0.3, -0.25) is 43.0 Å². The van der Waals surface area contributed by atoms with Crippen LogP contribution in [0.25, 0.3) is 0 Å². The number of hydrogen-bond donors (Lipinski definition) is 0. The minimum absolute atomic E-state index is 0.411. The van der Waals surface area contributed by atoms with Gasteiger partial charge in [0, 0.05) is 62.3 Å². The van der Waals surface area contributed by atoms with Gasteiger partial charge in [-0.25, -0.2) is 0 Å². The molecular formula is C38H52O25. The third-order valence-electron chi connectivity index (χ3n) is 10.1. The molecule has 0 spiro atoms. The lowest BCUT2D eigenvalue weighted by Crippen LogP contribution is -2.62. The van der Waals surface area contributed by atoms with Crippen LogP contribution in [0.1, 0.15) is 69.2 Å². The molecule has 63 heavy (non-hydrogen) atoms. The molecule has 6 aliphatic rings. The standard InChI is InChI=1S/C38H52O25/c1-14(39)46-11-22-25(49-16(3)41)28(52-19(6)44)32-35(57-22)62-37(9,60-32)48-13-24-27(51-18(5)43)30(31-34(56-24)55-21(8)54-31)59-38(10)61-33-29(53-20(7)45)26(50-17(4)42)23(12-47-15(2)40)58-36(33)63-38/h21-36H,11-13H2,1-10H3/t21-,22-,23-,24-,25-,26-,27-,28+,29+,30+,31+,32+,33+,34-,35+,36+,37-,38+/m1/s1. The number of carbonyl (C=O) groups is 7. The minimum atomic E-state index is -2.11. The van der Waals surface area contributed by atoms with E-state index in [4.69, 9.17) is 85.3 Å². The van der Waals surface area contributed by atoms with Crippen LogP contribution in [0.2, 0.25) is 0 Å². The van der Waals surface area contributed by atoms with Gasteiger partial charge in [0.25, 0.3) is 11.9 Å². The first-order valence-electron chi connectivity index (χ1n) is 20.0. The SMILES string of the molecule is CC(=O)OC[C@H]1O[C@H]2O[C@](C)(OC[C@H]3O[C@H]4O[C@H](C)O[C@H]4[C@@H](O[C@]4(C)O[C@@H]5O[C@H](COC(C)=O)[C@@H](OC(C)=O)[C@H](OC(C)=O)[C@@H]5O4)[C@@H]3OC(C)=O)O[C@H]2[C@@H](OC(C)=O)[C@@H]1OC(C)=O. The van der Waals surface area contributed by atoms with Gasteiger partial charge in [0.2, 0.25) is 0 Å². The zero-order valence-corrected chi connectivity index (χ0v) is 36.1. The van der Waals surface area contributed by atoms with Crippen LogP contribution in [-0.2, 0) is 119 Å². The molecule has 0 saturated carbocycles. The Bertz CT molecular complexity index is 1740. The Labute approximate surface area is 359 Å². The first-order chi connectivity index (χ1) is 29.5. The van der Waals surface area contributed by atoms with Crippen molar-refractivity contribution in [3.63, 3.8) is 0 Å². The number of esters is 7. The van der Waals surface area contributed by atoms with Crippen molar-refractivity contribution in [2.24, 2.45) is 0 Å². The summed E-state index contributed by atoms with van der Waals surface area (Å²) >= 11 is 0. The molecule has 25 heteroatoms. The molecule has 25 nitrogen and oxygen atoms in total. The highest BCUT2D eigenvalue weighted by atomic mass is 17.0. The summed E-state index contributed by atoms with van der Waals surface area (Å²) in [5.74, 6) is -9.30. The second-order valence-electron chi connectivity index (χ2n) is 15.4. The van der Waals surface area contributed by atoms with Gasteiger partial charge in [-0.15, -0.1) is 0 Å². The van der Waals surface area contributed by atoms with E-state index in [-0.39, 0.29) is 0 Å².